The first kappa shape index (κ1) is 17.2. The maximum absolute atomic E-state index is 11.9. The maximum atomic E-state index is 11.9. The minimum atomic E-state index is -0.130. The van der Waals surface area contributed by atoms with Crippen LogP contribution in [0.4, 0.5) is 0 Å². The Morgan fingerprint density at radius 1 is 1.13 bits per heavy atom. The van der Waals surface area contributed by atoms with Crippen LogP contribution in [0.15, 0.2) is 47.2 Å². The van der Waals surface area contributed by atoms with Gasteiger partial charge in [-0.25, -0.2) is 0 Å². The molecular weight excluding hydrogens is 308 g/mol. The molecule has 2 rings (SSSR count). The van der Waals surface area contributed by atoms with E-state index in [1.54, 1.807) is 11.4 Å². The molecular formula is C18H22N2O2S. The topological polar surface area (TPSA) is 58.2 Å². The van der Waals surface area contributed by atoms with E-state index >= 15 is 0 Å². The summed E-state index contributed by atoms with van der Waals surface area (Å²) in [5.41, 5.74) is 1.88. The lowest BCUT2D eigenvalue weighted by Crippen LogP contribution is -2.32. The van der Waals surface area contributed by atoms with E-state index in [9.17, 15) is 9.59 Å². The molecule has 0 saturated heterocycles. The first-order chi connectivity index (χ1) is 11.2. The fourth-order valence-electron chi connectivity index (χ4n) is 2.33. The van der Waals surface area contributed by atoms with E-state index < -0.39 is 0 Å². The zero-order valence-electron chi connectivity index (χ0n) is 13.2. The lowest BCUT2D eigenvalue weighted by Gasteiger charge is -2.16. The monoisotopic (exact) mass is 330 g/mol. The summed E-state index contributed by atoms with van der Waals surface area (Å²) in [6.45, 7) is 3.09. The molecule has 0 bridgehead atoms. The zero-order valence-corrected chi connectivity index (χ0v) is 14.1. The van der Waals surface area contributed by atoms with Crippen LogP contribution in [0.3, 0.4) is 0 Å². The summed E-state index contributed by atoms with van der Waals surface area (Å²) in [6, 6.07) is 12.0. The summed E-state index contributed by atoms with van der Waals surface area (Å²) in [4.78, 5) is 23.7. The molecule has 1 aromatic heterocycles. The molecule has 4 nitrogen and oxygen atoms in total. The van der Waals surface area contributed by atoms with E-state index in [1.165, 1.54) is 16.9 Å². The molecule has 0 fully saturated rings. The maximum Gasteiger partial charge on any atom is 0.252 e. The molecule has 0 saturated carbocycles. The van der Waals surface area contributed by atoms with Crippen LogP contribution in [0.5, 0.6) is 0 Å². The highest BCUT2D eigenvalue weighted by Crippen LogP contribution is 2.17. The first-order valence-corrected chi connectivity index (χ1v) is 8.77. The predicted molar refractivity (Wildman–Crippen MR) is 93.8 cm³/mol. The number of hydrogen-bond acceptors (Lipinski definition) is 3. The average molecular weight is 330 g/mol. The summed E-state index contributed by atoms with van der Waals surface area (Å²) in [5.74, 6) is 0.153. The third-order valence-corrected chi connectivity index (χ3v) is 4.41. The third kappa shape index (κ3) is 5.53. The highest BCUT2D eigenvalue weighted by Gasteiger charge is 2.11. The third-order valence-electron chi connectivity index (χ3n) is 3.73. The summed E-state index contributed by atoms with van der Waals surface area (Å²) < 4.78 is 0. The molecule has 122 valence electrons. The van der Waals surface area contributed by atoms with Crippen molar-refractivity contribution in [1.29, 1.82) is 0 Å². The summed E-state index contributed by atoms with van der Waals surface area (Å²) >= 11 is 1.48. The molecule has 2 aromatic rings. The van der Waals surface area contributed by atoms with Gasteiger partial charge in [0.2, 0.25) is 5.91 Å². The van der Waals surface area contributed by atoms with Gasteiger partial charge in [0.25, 0.3) is 5.91 Å². The SMILES string of the molecule is CC[C@@H](CNC(=O)CCNC(=O)c1ccsc1)c1ccccc1. The molecule has 0 radical (unpaired) electrons. The van der Waals surface area contributed by atoms with Crippen molar-refractivity contribution < 1.29 is 9.59 Å². The second-order valence-electron chi connectivity index (χ2n) is 5.34. The van der Waals surface area contributed by atoms with Gasteiger partial charge in [0.05, 0.1) is 0 Å². The molecule has 23 heavy (non-hydrogen) atoms. The Hall–Kier alpha value is -2.14. The fourth-order valence-corrected chi connectivity index (χ4v) is 2.97. The molecule has 2 N–H and O–H groups in total. The molecule has 1 atom stereocenters. The Morgan fingerprint density at radius 3 is 2.57 bits per heavy atom. The Balaban J connectivity index is 1.69. The van der Waals surface area contributed by atoms with Crippen molar-refractivity contribution in [3.8, 4) is 0 Å². The van der Waals surface area contributed by atoms with Crippen molar-refractivity contribution in [2.45, 2.75) is 25.7 Å². The lowest BCUT2D eigenvalue weighted by atomic mass is 9.96. The van der Waals surface area contributed by atoms with E-state index in [0.717, 1.165) is 6.42 Å². The van der Waals surface area contributed by atoms with Gasteiger partial charge < -0.3 is 10.6 Å². The first-order valence-electron chi connectivity index (χ1n) is 7.82. The van der Waals surface area contributed by atoms with Gasteiger partial charge in [-0.1, -0.05) is 37.3 Å². The van der Waals surface area contributed by atoms with Gasteiger partial charge in [0, 0.05) is 36.4 Å². The normalized spacial score (nSPS) is 11.7. The van der Waals surface area contributed by atoms with Gasteiger partial charge in [0.1, 0.15) is 0 Å². The van der Waals surface area contributed by atoms with Gasteiger partial charge in [-0.15, -0.1) is 0 Å². The Morgan fingerprint density at radius 2 is 1.91 bits per heavy atom. The average Bonchev–Trinajstić information content (AvgIpc) is 3.11. The summed E-state index contributed by atoms with van der Waals surface area (Å²) in [6.07, 6.45) is 1.26. The van der Waals surface area contributed by atoms with E-state index in [4.69, 9.17) is 0 Å². The number of amides is 2. The van der Waals surface area contributed by atoms with Gasteiger partial charge in [-0.05, 0) is 23.4 Å². The number of thiophene rings is 1. The van der Waals surface area contributed by atoms with Crippen LogP contribution in [0, 0.1) is 0 Å². The van der Waals surface area contributed by atoms with Gasteiger partial charge in [-0.3, -0.25) is 9.59 Å². The molecule has 0 aliphatic rings. The number of rotatable bonds is 8. The van der Waals surface area contributed by atoms with E-state index in [0.29, 0.717) is 31.0 Å². The van der Waals surface area contributed by atoms with Crippen LogP contribution < -0.4 is 10.6 Å². The zero-order chi connectivity index (χ0) is 16.5. The Bertz CT molecular complexity index is 611. The van der Waals surface area contributed by atoms with E-state index in [1.807, 2.05) is 23.6 Å². The molecule has 5 heteroatoms. The fraction of sp³-hybridized carbons (Fsp3) is 0.333. The number of carbonyl (C=O) groups excluding carboxylic acids is 2. The van der Waals surface area contributed by atoms with Crippen LogP contribution in [0.25, 0.3) is 0 Å². The minimum Gasteiger partial charge on any atom is -0.355 e. The highest BCUT2D eigenvalue weighted by atomic mass is 32.1. The smallest absolute Gasteiger partial charge is 0.252 e. The highest BCUT2D eigenvalue weighted by molar-refractivity contribution is 7.08. The van der Waals surface area contributed by atoms with Crippen molar-refractivity contribution >= 4 is 23.2 Å². The molecule has 0 aliphatic carbocycles. The number of benzene rings is 1. The minimum absolute atomic E-state index is 0.0370. The number of nitrogens with one attached hydrogen (secondary N) is 2. The quantitative estimate of drug-likeness (QED) is 0.781. The largest absolute Gasteiger partial charge is 0.355 e. The van der Waals surface area contributed by atoms with Crippen molar-refractivity contribution in [2.24, 2.45) is 0 Å². The number of hydrogen-bond donors (Lipinski definition) is 2. The molecule has 0 unspecified atom stereocenters. The van der Waals surface area contributed by atoms with Gasteiger partial charge >= 0.3 is 0 Å². The van der Waals surface area contributed by atoms with Crippen LogP contribution >= 0.6 is 11.3 Å². The van der Waals surface area contributed by atoms with Crippen molar-refractivity contribution in [3.05, 3.63) is 58.3 Å². The van der Waals surface area contributed by atoms with E-state index in [2.05, 4.69) is 29.7 Å². The predicted octanol–water partition coefficient (Wildman–Crippen LogP) is 3.18. The van der Waals surface area contributed by atoms with Crippen LogP contribution in [0.2, 0.25) is 0 Å². The lowest BCUT2D eigenvalue weighted by molar-refractivity contribution is -0.121. The van der Waals surface area contributed by atoms with Crippen molar-refractivity contribution in [2.75, 3.05) is 13.1 Å². The molecule has 2 amide bonds. The van der Waals surface area contributed by atoms with Gasteiger partial charge in [-0.2, -0.15) is 11.3 Å². The second-order valence-corrected chi connectivity index (χ2v) is 6.12. The van der Waals surface area contributed by atoms with Crippen molar-refractivity contribution in [3.63, 3.8) is 0 Å². The number of carbonyl (C=O) groups is 2. The summed E-state index contributed by atoms with van der Waals surface area (Å²) in [5, 5.41) is 9.36. The molecule has 0 spiro atoms. The summed E-state index contributed by atoms with van der Waals surface area (Å²) in [7, 11) is 0. The van der Waals surface area contributed by atoms with Crippen LogP contribution in [-0.4, -0.2) is 24.9 Å². The molecule has 1 aromatic carbocycles. The van der Waals surface area contributed by atoms with Gasteiger partial charge in [0.15, 0.2) is 0 Å². The second kappa shape index (κ2) is 9.10. The Labute approximate surface area is 140 Å². The van der Waals surface area contributed by atoms with Crippen molar-refractivity contribution in [1.82, 2.24) is 10.6 Å². The Kier molecular flexibility index (Phi) is 6.81. The van der Waals surface area contributed by atoms with E-state index in [-0.39, 0.29) is 11.8 Å². The molecule has 0 aliphatic heterocycles. The van der Waals surface area contributed by atoms with Crippen LogP contribution in [-0.2, 0) is 4.79 Å². The standard InChI is InChI=1S/C18H22N2O2S/c1-2-14(15-6-4-3-5-7-15)12-20-17(21)8-10-19-18(22)16-9-11-23-13-16/h3-7,9,11,13-14H,2,8,10,12H2,1H3,(H,19,22)(H,20,21)/t14-/m0/s1. The molecule has 1 heterocycles. The van der Waals surface area contributed by atoms with Crippen LogP contribution in [0.1, 0.15) is 41.6 Å².